The highest BCUT2D eigenvalue weighted by Crippen LogP contribution is 2.32. The number of rotatable bonds is 5. The number of guanidine groups is 1. The Morgan fingerprint density at radius 3 is 2.92 bits per heavy atom. The maximum atomic E-state index is 5.75. The molecular formula is C19H30N4O. The van der Waals surface area contributed by atoms with Crippen molar-refractivity contribution in [3.05, 3.63) is 29.8 Å². The van der Waals surface area contributed by atoms with Gasteiger partial charge in [0.2, 0.25) is 0 Å². The molecule has 2 atom stereocenters. The van der Waals surface area contributed by atoms with E-state index in [4.69, 9.17) is 4.74 Å². The number of ether oxygens (including phenoxy) is 1. The van der Waals surface area contributed by atoms with E-state index in [9.17, 15) is 0 Å². The molecule has 0 radical (unpaired) electrons. The van der Waals surface area contributed by atoms with Crippen LogP contribution in [0.1, 0.15) is 37.7 Å². The van der Waals surface area contributed by atoms with Crippen molar-refractivity contribution in [3.8, 4) is 5.75 Å². The smallest absolute Gasteiger partial charge is 0.191 e. The van der Waals surface area contributed by atoms with Gasteiger partial charge in [-0.15, -0.1) is 0 Å². The van der Waals surface area contributed by atoms with Gasteiger partial charge in [-0.2, -0.15) is 0 Å². The van der Waals surface area contributed by atoms with E-state index in [-0.39, 0.29) is 0 Å². The molecule has 2 aliphatic heterocycles. The summed E-state index contributed by atoms with van der Waals surface area (Å²) < 4.78 is 5.75. The van der Waals surface area contributed by atoms with E-state index in [0.717, 1.165) is 44.4 Å². The molecular weight excluding hydrogens is 300 g/mol. The van der Waals surface area contributed by atoms with Crippen LogP contribution in [0.25, 0.3) is 0 Å². The predicted octanol–water partition coefficient (Wildman–Crippen LogP) is 2.20. The number of hydrogen-bond acceptors (Lipinski definition) is 3. The van der Waals surface area contributed by atoms with Gasteiger partial charge in [0.1, 0.15) is 5.75 Å². The van der Waals surface area contributed by atoms with Crippen molar-refractivity contribution >= 4 is 5.96 Å². The van der Waals surface area contributed by atoms with E-state index in [0.29, 0.717) is 12.0 Å². The van der Waals surface area contributed by atoms with Crippen molar-refractivity contribution in [2.24, 2.45) is 4.99 Å². The molecule has 1 saturated heterocycles. The molecule has 5 nitrogen and oxygen atoms in total. The van der Waals surface area contributed by atoms with Crippen LogP contribution in [0, 0.1) is 0 Å². The van der Waals surface area contributed by atoms with Gasteiger partial charge < -0.3 is 15.4 Å². The van der Waals surface area contributed by atoms with Crippen LogP contribution in [0.3, 0.4) is 0 Å². The average Bonchev–Trinajstić information content (AvgIpc) is 3.09. The Hall–Kier alpha value is -1.75. The first-order valence-electron chi connectivity index (χ1n) is 9.22. The van der Waals surface area contributed by atoms with Crippen LogP contribution >= 0.6 is 0 Å². The van der Waals surface area contributed by atoms with E-state index in [1.807, 2.05) is 13.1 Å². The summed E-state index contributed by atoms with van der Waals surface area (Å²) in [5.41, 5.74) is 1.31. The number of likely N-dealkylation sites (N-methyl/N-ethyl adjacent to an activating group) is 1. The molecule has 5 heteroatoms. The number of aliphatic imine (C=N–C) groups is 1. The van der Waals surface area contributed by atoms with Crippen LogP contribution in [0.2, 0.25) is 0 Å². The lowest BCUT2D eigenvalue weighted by molar-refractivity contribution is 0.264. The van der Waals surface area contributed by atoms with Crippen molar-refractivity contribution in [1.29, 1.82) is 0 Å². The van der Waals surface area contributed by atoms with Crippen molar-refractivity contribution < 1.29 is 4.74 Å². The van der Waals surface area contributed by atoms with Crippen LogP contribution < -0.4 is 15.4 Å². The van der Waals surface area contributed by atoms with Gasteiger partial charge in [-0.1, -0.05) is 25.1 Å². The molecule has 3 rings (SSSR count). The first-order chi connectivity index (χ1) is 11.8. The molecule has 2 aliphatic rings. The van der Waals surface area contributed by atoms with Crippen LogP contribution in [0.4, 0.5) is 0 Å². The first-order valence-corrected chi connectivity index (χ1v) is 9.22. The molecule has 1 fully saturated rings. The minimum atomic E-state index is 0.479. The topological polar surface area (TPSA) is 48.9 Å². The van der Waals surface area contributed by atoms with E-state index >= 15 is 0 Å². The molecule has 24 heavy (non-hydrogen) atoms. The second kappa shape index (κ2) is 8.38. The number of benzene rings is 1. The summed E-state index contributed by atoms with van der Waals surface area (Å²) >= 11 is 0. The highest BCUT2D eigenvalue weighted by atomic mass is 16.5. The fourth-order valence-electron chi connectivity index (χ4n) is 3.83. The summed E-state index contributed by atoms with van der Waals surface area (Å²) in [4.78, 5) is 6.94. The lowest BCUT2D eigenvalue weighted by Gasteiger charge is -2.27. The molecule has 2 heterocycles. The van der Waals surface area contributed by atoms with Gasteiger partial charge in [-0.25, -0.2) is 0 Å². The second-order valence-corrected chi connectivity index (χ2v) is 6.63. The largest absolute Gasteiger partial charge is 0.493 e. The first kappa shape index (κ1) is 17.1. The van der Waals surface area contributed by atoms with Gasteiger partial charge in [0.05, 0.1) is 6.61 Å². The molecule has 132 valence electrons. The zero-order chi connectivity index (χ0) is 16.8. The minimum Gasteiger partial charge on any atom is -0.493 e. The summed E-state index contributed by atoms with van der Waals surface area (Å²) in [6, 6.07) is 9.00. The van der Waals surface area contributed by atoms with Crippen molar-refractivity contribution in [2.45, 2.75) is 38.1 Å². The Bertz CT molecular complexity index is 560. The minimum absolute atomic E-state index is 0.479. The fourth-order valence-corrected chi connectivity index (χ4v) is 3.83. The van der Waals surface area contributed by atoms with Crippen LogP contribution in [0.5, 0.6) is 5.75 Å². The molecule has 0 amide bonds. The zero-order valence-corrected chi connectivity index (χ0v) is 14.9. The number of para-hydroxylation sites is 1. The third-order valence-electron chi connectivity index (χ3n) is 5.23. The van der Waals surface area contributed by atoms with Gasteiger partial charge in [0, 0.05) is 32.1 Å². The number of nitrogens with zero attached hydrogens (tertiary/aromatic N) is 2. The summed E-state index contributed by atoms with van der Waals surface area (Å²) in [6.07, 6.45) is 3.64. The van der Waals surface area contributed by atoms with Gasteiger partial charge in [-0.05, 0) is 44.0 Å². The Morgan fingerprint density at radius 1 is 1.25 bits per heavy atom. The predicted molar refractivity (Wildman–Crippen MR) is 98.9 cm³/mol. The van der Waals surface area contributed by atoms with E-state index in [2.05, 4.69) is 45.6 Å². The van der Waals surface area contributed by atoms with Crippen molar-refractivity contribution in [1.82, 2.24) is 15.5 Å². The molecule has 0 spiro atoms. The van der Waals surface area contributed by atoms with Crippen LogP contribution in [-0.2, 0) is 0 Å². The Morgan fingerprint density at radius 2 is 2.08 bits per heavy atom. The van der Waals surface area contributed by atoms with Gasteiger partial charge in [0.25, 0.3) is 0 Å². The van der Waals surface area contributed by atoms with Gasteiger partial charge in [-0.3, -0.25) is 9.89 Å². The maximum Gasteiger partial charge on any atom is 0.191 e. The number of hydrogen-bond donors (Lipinski definition) is 2. The third-order valence-corrected chi connectivity index (χ3v) is 5.23. The number of likely N-dealkylation sites (tertiary alicyclic amines) is 1. The van der Waals surface area contributed by atoms with Crippen LogP contribution in [-0.4, -0.2) is 56.7 Å². The van der Waals surface area contributed by atoms with Gasteiger partial charge >= 0.3 is 0 Å². The summed E-state index contributed by atoms with van der Waals surface area (Å²) in [5, 5.41) is 7.01. The molecule has 0 bridgehead atoms. The van der Waals surface area contributed by atoms with E-state index in [1.54, 1.807) is 0 Å². The summed E-state index contributed by atoms with van der Waals surface area (Å²) in [5.74, 6) is 2.41. The summed E-state index contributed by atoms with van der Waals surface area (Å²) in [6.45, 7) is 7.27. The standard InChI is InChI=1S/C19H30N4O/c1-3-23-11-6-7-16(23)14-22-19(20-2)21-13-15-10-12-24-18-9-5-4-8-17(15)18/h4-5,8-9,15-16H,3,6-7,10-14H2,1-2H3,(H2,20,21,22). The Balaban J connectivity index is 1.50. The summed E-state index contributed by atoms with van der Waals surface area (Å²) in [7, 11) is 1.85. The fraction of sp³-hybridized carbons (Fsp3) is 0.632. The normalized spacial score (nSPS) is 24.3. The molecule has 2 N–H and O–H groups in total. The molecule has 1 aromatic carbocycles. The quantitative estimate of drug-likeness (QED) is 0.642. The van der Waals surface area contributed by atoms with E-state index in [1.165, 1.54) is 24.9 Å². The lowest BCUT2D eigenvalue weighted by atomic mass is 9.93. The zero-order valence-electron chi connectivity index (χ0n) is 14.9. The second-order valence-electron chi connectivity index (χ2n) is 6.63. The molecule has 0 aliphatic carbocycles. The Labute approximate surface area is 145 Å². The third kappa shape index (κ3) is 4.01. The molecule has 1 aromatic rings. The van der Waals surface area contributed by atoms with Crippen molar-refractivity contribution in [2.75, 3.05) is 39.8 Å². The highest BCUT2D eigenvalue weighted by molar-refractivity contribution is 5.79. The Kier molecular flexibility index (Phi) is 5.96. The number of fused-ring (bicyclic) bond motifs is 1. The SMILES string of the molecule is CCN1CCCC1CNC(=NC)NCC1CCOc2ccccc21. The lowest BCUT2D eigenvalue weighted by Crippen LogP contribution is -2.45. The monoisotopic (exact) mass is 330 g/mol. The molecule has 2 unspecified atom stereocenters. The van der Waals surface area contributed by atoms with E-state index < -0.39 is 0 Å². The average molecular weight is 330 g/mol. The molecule has 0 aromatic heterocycles. The van der Waals surface area contributed by atoms with Gasteiger partial charge in [0.15, 0.2) is 5.96 Å². The van der Waals surface area contributed by atoms with Crippen LogP contribution in [0.15, 0.2) is 29.3 Å². The number of nitrogens with one attached hydrogen (secondary N) is 2. The highest BCUT2D eigenvalue weighted by Gasteiger charge is 2.24. The maximum absolute atomic E-state index is 5.75. The molecule has 0 saturated carbocycles. The van der Waals surface area contributed by atoms with Crippen molar-refractivity contribution in [3.63, 3.8) is 0 Å².